The van der Waals surface area contributed by atoms with Crippen molar-refractivity contribution in [2.24, 2.45) is 0 Å². The highest BCUT2D eigenvalue weighted by Gasteiger charge is 2.43. The van der Waals surface area contributed by atoms with Crippen LogP contribution in [-0.4, -0.2) is 47.2 Å². The monoisotopic (exact) mass is 309 g/mol. The van der Waals surface area contributed by atoms with Crippen LogP contribution in [0, 0.1) is 0 Å². The Balaban J connectivity index is 1.60. The average Bonchev–Trinajstić information content (AvgIpc) is 2.85. The van der Waals surface area contributed by atoms with Gasteiger partial charge < -0.3 is 14.7 Å². The highest BCUT2D eigenvalue weighted by atomic mass is 32.1. The standard InChI is InChI=1S/C15H19NO4S/c1-15(20-7-13(17)18)8-16(9-15)14(19)12-6-10-4-2-3-5-11(10)21-12/h6H,2-5,7-9H2,1H3,(H,17,18). The van der Waals surface area contributed by atoms with E-state index in [4.69, 9.17) is 9.84 Å². The zero-order valence-electron chi connectivity index (χ0n) is 12.1. The van der Waals surface area contributed by atoms with Crippen LogP contribution in [0.5, 0.6) is 0 Å². The van der Waals surface area contributed by atoms with Crippen molar-refractivity contribution in [2.45, 2.75) is 38.2 Å². The molecule has 0 radical (unpaired) electrons. The number of hydrogen-bond acceptors (Lipinski definition) is 4. The van der Waals surface area contributed by atoms with E-state index in [-0.39, 0.29) is 12.5 Å². The first-order valence-corrected chi connectivity index (χ1v) is 8.05. The SMILES string of the molecule is CC1(OCC(=O)O)CN(C(=O)c2cc3c(s2)CCCC3)C1. The molecule has 1 N–H and O–H groups in total. The van der Waals surface area contributed by atoms with E-state index in [1.807, 2.05) is 13.0 Å². The van der Waals surface area contributed by atoms with Crippen LogP contribution in [0.2, 0.25) is 0 Å². The largest absolute Gasteiger partial charge is 0.480 e. The van der Waals surface area contributed by atoms with Gasteiger partial charge in [-0.25, -0.2) is 4.79 Å². The van der Waals surface area contributed by atoms with E-state index in [1.54, 1.807) is 16.2 Å². The molecule has 0 unspecified atom stereocenters. The Labute approximate surface area is 127 Å². The molecule has 0 aromatic carbocycles. The molecular formula is C15H19NO4S. The van der Waals surface area contributed by atoms with Crippen LogP contribution >= 0.6 is 11.3 Å². The Kier molecular flexibility index (Phi) is 3.75. The number of hydrogen-bond donors (Lipinski definition) is 1. The zero-order chi connectivity index (χ0) is 15.0. The summed E-state index contributed by atoms with van der Waals surface area (Å²) in [6, 6.07) is 2.04. The van der Waals surface area contributed by atoms with Gasteiger partial charge in [0, 0.05) is 4.88 Å². The van der Waals surface area contributed by atoms with E-state index in [1.165, 1.54) is 23.3 Å². The fourth-order valence-electron chi connectivity index (χ4n) is 2.98. The lowest BCUT2D eigenvalue weighted by molar-refractivity contribution is -0.159. The van der Waals surface area contributed by atoms with Gasteiger partial charge in [-0.3, -0.25) is 4.79 Å². The minimum atomic E-state index is -0.980. The van der Waals surface area contributed by atoms with Crippen molar-refractivity contribution in [3.05, 3.63) is 21.4 Å². The van der Waals surface area contributed by atoms with Crippen LogP contribution in [0.1, 0.15) is 39.9 Å². The first-order valence-electron chi connectivity index (χ1n) is 7.23. The molecule has 114 valence electrons. The lowest BCUT2D eigenvalue weighted by atomic mass is 9.95. The maximum atomic E-state index is 12.4. The Morgan fingerprint density at radius 3 is 2.76 bits per heavy atom. The maximum Gasteiger partial charge on any atom is 0.329 e. The number of thiophene rings is 1. The third-order valence-electron chi connectivity index (χ3n) is 4.09. The molecule has 2 aliphatic rings. The van der Waals surface area contributed by atoms with Crippen LogP contribution in [0.4, 0.5) is 0 Å². The molecule has 3 rings (SSSR count). The van der Waals surface area contributed by atoms with Crippen molar-refractivity contribution in [1.29, 1.82) is 0 Å². The number of aryl methyl sites for hydroxylation is 2. The van der Waals surface area contributed by atoms with Crippen molar-refractivity contribution in [2.75, 3.05) is 19.7 Å². The normalized spacial score (nSPS) is 19.8. The number of carbonyl (C=O) groups is 2. The molecule has 1 aliphatic heterocycles. The van der Waals surface area contributed by atoms with Crippen molar-refractivity contribution in [1.82, 2.24) is 4.90 Å². The van der Waals surface area contributed by atoms with Gasteiger partial charge in [0.1, 0.15) is 12.2 Å². The molecule has 1 saturated heterocycles. The maximum absolute atomic E-state index is 12.4. The number of carbonyl (C=O) groups excluding carboxylic acids is 1. The summed E-state index contributed by atoms with van der Waals surface area (Å²) in [5.74, 6) is -0.933. The summed E-state index contributed by atoms with van der Waals surface area (Å²) in [6.07, 6.45) is 4.60. The zero-order valence-corrected chi connectivity index (χ0v) is 12.9. The molecule has 5 nitrogen and oxygen atoms in total. The Hall–Kier alpha value is -1.40. The van der Waals surface area contributed by atoms with Crippen LogP contribution in [0.15, 0.2) is 6.07 Å². The van der Waals surface area contributed by atoms with Crippen molar-refractivity contribution < 1.29 is 19.4 Å². The number of nitrogens with zero attached hydrogens (tertiary/aromatic N) is 1. The molecule has 0 spiro atoms. The van der Waals surface area contributed by atoms with E-state index >= 15 is 0 Å². The van der Waals surface area contributed by atoms with Crippen LogP contribution in [0.3, 0.4) is 0 Å². The molecule has 1 aliphatic carbocycles. The topological polar surface area (TPSA) is 66.8 Å². The molecule has 0 saturated carbocycles. The molecule has 2 heterocycles. The van der Waals surface area contributed by atoms with Crippen molar-refractivity contribution >= 4 is 23.2 Å². The Morgan fingerprint density at radius 2 is 2.10 bits per heavy atom. The van der Waals surface area contributed by atoms with Gasteiger partial charge in [-0.1, -0.05) is 0 Å². The molecule has 21 heavy (non-hydrogen) atoms. The second-order valence-corrected chi connectivity index (χ2v) is 7.20. The molecule has 6 heteroatoms. The molecular weight excluding hydrogens is 290 g/mol. The van der Waals surface area contributed by atoms with E-state index in [0.29, 0.717) is 13.1 Å². The Morgan fingerprint density at radius 1 is 1.38 bits per heavy atom. The van der Waals surface area contributed by atoms with Gasteiger partial charge in [-0.2, -0.15) is 0 Å². The summed E-state index contributed by atoms with van der Waals surface area (Å²) in [6.45, 7) is 2.45. The molecule has 0 bridgehead atoms. The second-order valence-electron chi connectivity index (χ2n) is 6.06. The third-order valence-corrected chi connectivity index (χ3v) is 5.31. The number of rotatable bonds is 4. The number of fused-ring (bicyclic) bond motifs is 1. The number of carboxylic acid groups (broad SMARTS) is 1. The van der Waals surface area contributed by atoms with Crippen molar-refractivity contribution in [3.8, 4) is 0 Å². The summed E-state index contributed by atoms with van der Waals surface area (Å²) in [5.41, 5.74) is 0.810. The minimum Gasteiger partial charge on any atom is -0.480 e. The molecule has 1 aromatic rings. The van der Waals surface area contributed by atoms with Crippen LogP contribution in [0.25, 0.3) is 0 Å². The molecule has 0 atom stereocenters. The highest BCUT2D eigenvalue weighted by Crippen LogP contribution is 2.33. The number of likely N-dealkylation sites (tertiary alicyclic amines) is 1. The number of amides is 1. The summed E-state index contributed by atoms with van der Waals surface area (Å²) >= 11 is 1.61. The predicted octanol–water partition coefficient (Wildman–Crippen LogP) is 1.94. The van der Waals surface area contributed by atoms with Gasteiger partial charge in [0.15, 0.2) is 0 Å². The summed E-state index contributed by atoms with van der Waals surface area (Å²) in [4.78, 5) is 26.9. The summed E-state index contributed by atoms with van der Waals surface area (Å²) < 4.78 is 5.33. The molecule has 1 aromatic heterocycles. The third kappa shape index (κ3) is 2.96. The Bertz CT molecular complexity index is 551. The van der Waals surface area contributed by atoms with Gasteiger partial charge in [0.2, 0.25) is 0 Å². The summed E-state index contributed by atoms with van der Waals surface area (Å²) in [5, 5.41) is 8.64. The van der Waals surface area contributed by atoms with Gasteiger partial charge in [-0.15, -0.1) is 11.3 Å². The fourth-order valence-corrected chi connectivity index (χ4v) is 4.21. The smallest absolute Gasteiger partial charge is 0.329 e. The number of aliphatic carboxylic acids is 1. The van der Waals surface area contributed by atoms with Gasteiger partial charge in [0.05, 0.1) is 18.0 Å². The molecule has 1 fully saturated rings. The quantitative estimate of drug-likeness (QED) is 0.923. The van der Waals surface area contributed by atoms with Crippen molar-refractivity contribution in [3.63, 3.8) is 0 Å². The highest BCUT2D eigenvalue weighted by molar-refractivity contribution is 7.14. The van der Waals surface area contributed by atoms with E-state index in [9.17, 15) is 9.59 Å². The van der Waals surface area contributed by atoms with Crippen LogP contribution < -0.4 is 0 Å². The number of ether oxygens (including phenoxy) is 1. The first kappa shape index (κ1) is 14.5. The average molecular weight is 309 g/mol. The summed E-state index contributed by atoms with van der Waals surface area (Å²) in [7, 11) is 0. The van der Waals surface area contributed by atoms with E-state index in [2.05, 4.69) is 0 Å². The number of carboxylic acids is 1. The predicted molar refractivity (Wildman–Crippen MR) is 78.9 cm³/mol. The van der Waals surface area contributed by atoms with E-state index in [0.717, 1.165) is 17.7 Å². The lowest BCUT2D eigenvalue weighted by Gasteiger charge is -2.47. The first-order chi connectivity index (χ1) is 9.97. The molecule has 1 amide bonds. The minimum absolute atomic E-state index is 0.0470. The van der Waals surface area contributed by atoms with Gasteiger partial charge in [0.25, 0.3) is 5.91 Å². The van der Waals surface area contributed by atoms with Gasteiger partial charge >= 0.3 is 5.97 Å². The fraction of sp³-hybridized carbons (Fsp3) is 0.600. The van der Waals surface area contributed by atoms with Gasteiger partial charge in [-0.05, 0) is 44.2 Å². The van der Waals surface area contributed by atoms with E-state index < -0.39 is 11.6 Å². The van der Waals surface area contributed by atoms with Crippen LogP contribution in [-0.2, 0) is 22.4 Å². The second kappa shape index (κ2) is 5.42. The lowest BCUT2D eigenvalue weighted by Crippen LogP contribution is -2.63.